The van der Waals surface area contributed by atoms with Gasteiger partial charge in [0.1, 0.15) is 0 Å². The third-order valence-electron chi connectivity index (χ3n) is 6.61. The lowest BCUT2D eigenvalue weighted by atomic mass is 9.83. The number of anilines is 1. The Morgan fingerprint density at radius 2 is 1.73 bits per heavy atom. The monoisotopic (exact) mass is 451 g/mol. The molecule has 0 unspecified atom stereocenters. The summed E-state index contributed by atoms with van der Waals surface area (Å²) in [6, 6.07) is 14.7. The number of carbonyl (C=O) groups is 2. The third-order valence-corrected chi connectivity index (χ3v) is 6.61. The van der Waals surface area contributed by atoms with Crippen LogP contribution < -0.4 is 20.1 Å². The molecule has 2 aromatic rings. The highest BCUT2D eigenvalue weighted by atomic mass is 16.5. The summed E-state index contributed by atoms with van der Waals surface area (Å²) in [5.41, 5.74) is 1.21. The van der Waals surface area contributed by atoms with Gasteiger partial charge in [0, 0.05) is 23.8 Å². The van der Waals surface area contributed by atoms with Crippen LogP contribution in [0, 0.1) is 5.92 Å². The van der Waals surface area contributed by atoms with E-state index < -0.39 is 0 Å². The molecule has 2 amide bonds. The number of fused-ring (bicyclic) bond motifs is 1. The van der Waals surface area contributed by atoms with Crippen LogP contribution in [0.4, 0.5) is 5.69 Å². The number of nitrogens with zero attached hydrogens (tertiary/aromatic N) is 1. The number of para-hydroxylation sites is 2. The van der Waals surface area contributed by atoms with Crippen molar-refractivity contribution in [2.24, 2.45) is 5.92 Å². The zero-order valence-corrected chi connectivity index (χ0v) is 19.2. The quantitative estimate of drug-likeness (QED) is 0.640. The zero-order valence-electron chi connectivity index (χ0n) is 19.2. The number of benzene rings is 2. The second-order valence-electron chi connectivity index (χ2n) is 8.78. The highest BCUT2D eigenvalue weighted by molar-refractivity contribution is 5.96. The van der Waals surface area contributed by atoms with Crippen molar-refractivity contribution in [3.8, 4) is 11.5 Å². The maximum atomic E-state index is 12.7. The fourth-order valence-corrected chi connectivity index (χ4v) is 4.92. The van der Waals surface area contributed by atoms with Crippen LogP contribution >= 0.6 is 0 Å². The van der Waals surface area contributed by atoms with Crippen molar-refractivity contribution in [3.05, 3.63) is 54.1 Å². The number of ether oxygens (including phenoxy) is 2. The topological polar surface area (TPSA) is 79.9 Å². The molecular weight excluding hydrogens is 418 g/mol. The minimum Gasteiger partial charge on any atom is -0.493 e. The van der Waals surface area contributed by atoms with E-state index in [-0.39, 0.29) is 18.4 Å². The molecule has 2 N–H and O–H groups in total. The molecule has 7 heteroatoms. The molecule has 2 aliphatic heterocycles. The lowest BCUT2D eigenvalue weighted by molar-refractivity contribution is -0.118. The van der Waals surface area contributed by atoms with Crippen molar-refractivity contribution in [2.75, 3.05) is 38.7 Å². The van der Waals surface area contributed by atoms with Crippen molar-refractivity contribution < 1.29 is 19.1 Å². The number of rotatable bonds is 8. The van der Waals surface area contributed by atoms with Crippen molar-refractivity contribution in [2.45, 2.75) is 38.1 Å². The molecule has 2 aliphatic rings. The van der Waals surface area contributed by atoms with E-state index in [0.29, 0.717) is 34.7 Å². The van der Waals surface area contributed by atoms with E-state index in [2.05, 4.69) is 15.5 Å². The zero-order chi connectivity index (χ0) is 23.0. The number of nitrogens with one attached hydrogen (secondary N) is 2. The van der Waals surface area contributed by atoms with Gasteiger partial charge in [-0.1, -0.05) is 18.6 Å². The molecule has 2 atom stereocenters. The third kappa shape index (κ3) is 6.05. The van der Waals surface area contributed by atoms with Crippen LogP contribution in [0.15, 0.2) is 48.5 Å². The van der Waals surface area contributed by atoms with Crippen molar-refractivity contribution >= 4 is 17.5 Å². The molecule has 176 valence electrons. The van der Waals surface area contributed by atoms with Crippen LogP contribution in [0.5, 0.6) is 11.5 Å². The predicted molar refractivity (Wildman–Crippen MR) is 128 cm³/mol. The van der Waals surface area contributed by atoms with Gasteiger partial charge < -0.3 is 25.0 Å². The first-order chi connectivity index (χ1) is 16.1. The normalized spacial score (nSPS) is 20.4. The Morgan fingerprint density at radius 3 is 2.52 bits per heavy atom. The van der Waals surface area contributed by atoms with Gasteiger partial charge in [-0.25, -0.2) is 0 Å². The SMILES string of the molecule is COc1ccccc1OCC(=O)Nc1ccc(C(=O)NC[C@H]2CCCN3CCCC[C@H]23)cc1. The summed E-state index contributed by atoms with van der Waals surface area (Å²) >= 11 is 0. The molecule has 33 heavy (non-hydrogen) atoms. The fraction of sp³-hybridized carbons (Fsp3) is 0.462. The first-order valence-electron chi connectivity index (χ1n) is 11.8. The molecule has 0 aromatic heterocycles. The van der Waals surface area contributed by atoms with E-state index in [9.17, 15) is 9.59 Å². The summed E-state index contributed by atoms with van der Waals surface area (Å²) in [7, 11) is 1.56. The second kappa shape index (κ2) is 11.2. The molecule has 2 saturated heterocycles. The van der Waals surface area contributed by atoms with E-state index in [0.717, 1.165) is 6.54 Å². The maximum Gasteiger partial charge on any atom is 0.262 e. The van der Waals surface area contributed by atoms with E-state index >= 15 is 0 Å². The Bertz CT molecular complexity index is 945. The standard InChI is InChI=1S/C26H33N3O4/c1-32-23-9-2-3-10-24(23)33-18-25(30)28-21-13-11-19(12-14-21)26(31)27-17-20-7-6-16-29-15-5-4-8-22(20)29/h2-3,9-14,20,22H,4-8,15-18H2,1H3,(H,27,31)(H,28,30)/t20-,22-/m1/s1. The van der Waals surface area contributed by atoms with E-state index in [1.165, 1.54) is 45.2 Å². The Hall–Kier alpha value is -3.06. The average Bonchev–Trinajstić information content (AvgIpc) is 2.86. The minimum atomic E-state index is -0.285. The van der Waals surface area contributed by atoms with E-state index in [1.54, 1.807) is 43.5 Å². The molecular formula is C26H33N3O4. The lowest BCUT2D eigenvalue weighted by Gasteiger charge is -2.44. The first kappa shape index (κ1) is 23.1. The van der Waals surface area contributed by atoms with Crippen LogP contribution in [0.1, 0.15) is 42.5 Å². The van der Waals surface area contributed by atoms with Crippen LogP contribution in [0.3, 0.4) is 0 Å². The van der Waals surface area contributed by atoms with Gasteiger partial charge in [-0.3, -0.25) is 9.59 Å². The summed E-state index contributed by atoms with van der Waals surface area (Å²) in [4.78, 5) is 27.5. The molecule has 2 fully saturated rings. The number of carbonyl (C=O) groups excluding carboxylic acids is 2. The maximum absolute atomic E-state index is 12.7. The molecule has 2 aromatic carbocycles. The molecule has 0 saturated carbocycles. The Morgan fingerprint density at radius 1 is 0.970 bits per heavy atom. The van der Waals surface area contributed by atoms with Crippen molar-refractivity contribution in [1.82, 2.24) is 10.2 Å². The predicted octanol–water partition coefficient (Wildman–Crippen LogP) is 3.71. The molecule has 7 nitrogen and oxygen atoms in total. The van der Waals surface area contributed by atoms with E-state index in [4.69, 9.17) is 9.47 Å². The van der Waals surface area contributed by atoms with Crippen LogP contribution in [0.2, 0.25) is 0 Å². The molecule has 0 radical (unpaired) electrons. The minimum absolute atomic E-state index is 0.0692. The van der Waals surface area contributed by atoms with Crippen LogP contribution in [0.25, 0.3) is 0 Å². The Kier molecular flexibility index (Phi) is 7.83. The van der Waals surface area contributed by atoms with Gasteiger partial charge in [-0.2, -0.15) is 0 Å². The summed E-state index contributed by atoms with van der Waals surface area (Å²) in [5.74, 6) is 1.26. The van der Waals surface area contributed by atoms with Crippen LogP contribution in [-0.2, 0) is 4.79 Å². The van der Waals surface area contributed by atoms with Crippen molar-refractivity contribution in [1.29, 1.82) is 0 Å². The molecule has 0 spiro atoms. The van der Waals surface area contributed by atoms with Gasteiger partial charge >= 0.3 is 0 Å². The largest absolute Gasteiger partial charge is 0.493 e. The number of amides is 2. The molecule has 4 rings (SSSR count). The number of piperidine rings is 2. The lowest BCUT2D eigenvalue weighted by Crippen LogP contribution is -2.51. The Balaban J connectivity index is 1.24. The van der Waals surface area contributed by atoms with E-state index in [1.807, 2.05) is 12.1 Å². The molecule has 0 bridgehead atoms. The number of hydrogen-bond acceptors (Lipinski definition) is 5. The number of methoxy groups -OCH3 is 1. The second-order valence-corrected chi connectivity index (χ2v) is 8.78. The Labute approximate surface area is 195 Å². The summed E-state index contributed by atoms with van der Waals surface area (Å²) in [6.07, 6.45) is 6.24. The highest BCUT2D eigenvalue weighted by Gasteiger charge is 2.32. The number of hydrogen-bond donors (Lipinski definition) is 2. The first-order valence-corrected chi connectivity index (χ1v) is 11.8. The van der Waals surface area contributed by atoms with Gasteiger partial charge in [0.05, 0.1) is 7.11 Å². The average molecular weight is 452 g/mol. The van der Waals surface area contributed by atoms with Gasteiger partial charge in [0.25, 0.3) is 11.8 Å². The highest BCUT2D eigenvalue weighted by Crippen LogP contribution is 2.30. The summed E-state index contributed by atoms with van der Waals surface area (Å²) < 4.78 is 10.8. The molecule has 2 heterocycles. The summed E-state index contributed by atoms with van der Waals surface area (Å²) in [6.45, 7) is 2.99. The molecule has 0 aliphatic carbocycles. The summed E-state index contributed by atoms with van der Waals surface area (Å²) in [5, 5.41) is 5.92. The van der Waals surface area contributed by atoms with Gasteiger partial charge in [0.2, 0.25) is 0 Å². The van der Waals surface area contributed by atoms with Gasteiger partial charge in [0.15, 0.2) is 18.1 Å². The van der Waals surface area contributed by atoms with Crippen LogP contribution in [-0.4, -0.2) is 56.1 Å². The smallest absolute Gasteiger partial charge is 0.262 e. The fourth-order valence-electron chi connectivity index (χ4n) is 4.92. The van der Waals surface area contributed by atoms with Crippen molar-refractivity contribution in [3.63, 3.8) is 0 Å². The van der Waals surface area contributed by atoms with Gasteiger partial charge in [-0.05, 0) is 81.1 Å². The van der Waals surface area contributed by atoms with Gasteiger partial charge in [-0.15, -0.1) is 0 Å².